The van der Waals surface area contributed by atoms with Gasteiger partial charge in [-0.25, -0.2) is 0 Å². The van der Waals surface area contributed by atoms with Crippen molar-refractivity contribution in [3.63, 3.8) is 0 Å². The Balaban J connectivity index is 1.91. The molecule has 2 atom stereocenters. The summed E-state index contributed by atoms with van der Waals surface area (Å²) < 4.78 is 1.15. The second-order valence-electron chi connectivity index (χ2n) is 5.69. The van der Waals surface area contributed by atoms with Gasteiger partial charge in [0.1, 0.15) is 0 Å². The van der Waals surface area contributed by atoms with Gasteiger partial charge in [0.05, 0.1) is 0 Å². The highest BCUT2D eigenvalue weighted by molar-refractivity contribution is 9.10. The molecule has 1 aromatic rings. The van der Waals surface area contributed by atoms with Crippen molar-refractivity contribution in [1.82, 2.24) is 10.2 Å². The summed E-state index contributed by atoms with van der Waals surface area (Å²) in [5, 5.41) is 4.15. The molecule has 0 bridgehead atoms. The normalized spacial score (nSPS) is 27.9. The Morgan fingerprint density at radius 1 is 1.37 bits per heavy atom. The molecule has 2 fully saturated rings. The second-order valence-corrected chi connectivity index (χ2v) is 6.98. The third-order valence-electron chi connectivity index (χ3n) is 4.33. The van der Waals surface area contributed by atoms with E-state index < -0.39 is 0 Å². The standard InChI is InChI=1S/C15H20BrClN2/c1-18-9-10-6-7-19(12-3-4-12)15(10)13-5-2-11(17)8-14(13)16/h2,5,8,10,12,15,18H,3-4,6-7,9H2,1H3. The number of likely N-dealkylation sites (tertiary alicyclic amines) is 1. The summed E-state index contributed by atoms with van der Waals surface area (Å²) in [7, 11) is 2.05. The number of halogens is 2. The van der Waals surface area contributed by atoms with Crippen molar-refractivity contribution in [2.45, 2.75) is 31.3 Å². The fourth-order valence-corrected chi connectivity index (χ4v) is 4.27. The number of benzene rings is 1. The lowest BCUT2D eigenvalue weighted by atomic mass is 9.93. The summed E-state index contributed by atoms with van der Waals surface area (Å²) >= 11 is 9.78. The zero-order valence-corrected chi connectivity index (χ0v) is 13.5. The van der Waals surface area contributed by atoms with Crippen molar-refractivity contribution in [3.8, 4) is 0 Å². The van der Waals surface area contributed by atoms with Crippen LogP contribution in [0.2, 0.25) is 5.02 Å². The maximum atomic E-state index is 6.08. The van der Waals surface area contributed by atoms with Gasteiger partial charge in [0.2, 0.25) is 0 Å². The summed E-state index contributed by atoms with van der Waals surface area (Å²) in [6, 6.07) is 7.58. The number of hydrogen-bond acceptors (Lipinski definition) is 2. The molecule has 1 saturated heterocycles. The van der Waals surface area contributed by atoms with Crippen LogP contribution in [0, 0.1) is 5.92 Å². The molecular weight excluding hydrogens is 324 g/mol. The molecule has 1 aliphatic carbocycles. The fourth-order valence-electron chi connectivity index (χ4n) is 3.35. The van der Waals surface area contributed by atoms with Crippen molar-refractivity contribution in [2.24, 2.45) is 5.92 Å². The predicted octanol–water partition coefficient (Wildman–Crippen LogP) is 3.85. The van der Waals surface area contributed by atoms with Crippen molar-refractivity contribution < 1.29 is 0 Å². The lowest BCUT2D eigenvalue weighted by Gasteiger charge is -2.29. The first-order valence-corrected chi connectivity index (χ1v) is 8.23. The third-order valence-corrected chi connectivity index (χ3v) is 5.25. The van der Waals surface area contributed by atoms with Crippen molar-refractivity contribution in [3.05, 3.63) is 33.3 Å². The highest BCUT2D eigenvalue weighted by Crippen LogP contribution is 2.45. The maximum absolute atomic E-state index is 6.08. The van der Waals surface area contributed by atoms with E-state index in [0.29, 0.717) is 12.0 Å². The van der Waals surface area contributed by atoms with E-state index in [1.807, 2.05) is 19.2 Å². The average molecular weight is 344 g/mol. The Kier molecular flexibility index (Phi) is 4.18. The predicted molar refractivity (Wildman–Crippen MR) is 83.7 cm³/mol. The number of hydrogen-bond donors (Lipinski definition) is 1. The number of rotatable bonds is 4. The third kappa shape index (κ3) is 2.85. The van der Waals surface area contributed by atoms with Crippen LogP contribution < -0.4 is 5.32 Å². The molecule has 1 saturated carbocycles. The van der Waals surface area contributed by atoms with Crippen LogP contribution in [0.4, 0.5) is 0 Å². The molecule has 1 heterocycles. The topological polar surface area (TPSA) is 15.3 Å². The van der Waals surface area contributed by atoms with Crippen molar-refractivity contribution >= 4 is 27.5 Å². The van der Waals surface area contributed by atoms with Crippen LogP contribution in [0.3, 0.4) is 0 Å². The van der Waals surface area contributed by atoms with Gasteiger partial charge in [-0.05, 0) is 63.0 Å². The molecule has 1 aromatic carbocycles. The Labute approximate surface area is 128 Å². The summed E-state index contributed by atoms with van der Waals surface area (Å²) in [5.74, 6) is 0.697. The molecule has 0 radical (unpaired) electrons. The highest BCUT2D eigenvalue weighted by Gasteiger charge is 2.42. The first kappa shape index (κ1) is 13.9. The zero-order valence-electron chi connectivity index (χ0n) is 11.2. The minimum absolute atomic E-state index is 0.534. The van der Waals surface area contributed by atoms with Gasteiger partial charge in [-0.2, -0.15) is 0 Å². The van der Waals surface area contributed by atoms with E-state index in [-0.39, 0.29) is 0 Å². The van der Waals surface area contributed by atoms with E-state index in [9.17, 15) is 0 Å². The van der Waals surface area contributed by atoms with Gasteiger partial charge in [-0.1, -0.05) is 33.6 Å². The van der Waals surface area contributed by atoms with Gasteiger partial charge in [0, 0.05) is 21.6 Å². The Bertz CT molecular complexity index is 461. The molecule has 2 nitrogen and oxygen atoms in total. The molecule has 0 aromatic heterocycles. The second kappa shape index (κ2) is 5.72. The van der Waals surface area contributed by atoms with Crippen LogP contribution in [-0.2, 0) is 0 Å². The summed E-state index contributed by atoms with van der Waals surface area (Å²) in [6.07, 6.45) is 4.03. The van der Waals surface area contributed by atoms with E-state index in [1.54, 1.807) is 0 Å². The van der Waals surface area contributed by atoms with E-state index in [0.717, 1.165) is 22.1 Å². The molecule has 1 N–H and O–H groups in total. The van der Waals surface area contributed by atoms with E-state index >= 15 is 0 Å². The summed E-state index contributed by atoms with van der Waals surface area (Å²) in [4.78, 5) is 2.70. The molecule has 2 aliphatic rings. The van der Waals surface area contributed by atoms with Crippen molar-refractivity contribution in [1.29, 1.82) is 0 Å². The van der Waals surface area contributed by atoms with E-state index in [4.69, 9.17) is 11.6 Å². The van der Waals surface area contributed by atoms with Gasteiger partial charge in [-0.3, -0.25) is 4.90 Å². The summed E-state index contributed by atoms with van der Waals surface area (Å²) in [5.41, 5.74) is 1.40. The smallest absolute Gasteiger partial charge is 0.0417 e. The highest BCUT2D eigenvalue weighted by atomic mass is 79.9. The van der Waals surface area contributed by atoms with E-state index in [1.165, 1.54) is 31.4 Å². The fraction of sp³-hybridized carbons (Fsp3) is 0.600. The first-order valence-electron chi connectivity index (χ1n) is 7.06. The zero-order chi connectivity index (χ0) is 13.4. The van der Waals surface area contributed by atoms with Crippen LogP contribution in [-0.4, -0.2) is 31.1 Å². The Morgan fingerprint density at radius 2 is 2.16 bits per heavy atom. The summed E-state index contributed by atoms with van der Waals surface area (Å²) in [6.45, 7) is 2.32. The molecule has 19 heavy (non-hydrogen) atoms. The van der Waals surface area contributed by atoms with Crippen LogP contribution in [0.15, 0.2) is 22.7 Å². The van der Waals surface area contributed by atoms with Gasteiger partial charge < -0.3 is 5.32 Å². The minimum atomic E-state index is 0.534. The maximum Gasteiger partial charge on any atom is 0.0417 e. The van der Waals surface area contributed by atoms with Crippen molar-refractivity contribution in [2.75, 3.05) is 20.1 Å². The van der Waals surface area contributed by atoms with Crippen LogP contribution in [0.1, 0.15) is 30.9 Å². The average Bonchev–Trinajstić information content (AvgIpc) is 3.13. The van der Waals surface area contributed by atoms with Crippen LogP contribution >= 0.6 is 27.5 Å². The van der Waals surface area contributed by atoms with Gasteiger partial charge >= 0.3 is 0 Å². The molecule has 104 valence electrons. The number of nitrogens with one attached hydrogen (secondary N) is 1. The number of nitrogens with zero attached hydrogens (tertiary/aromatic N) is 1. The van der Waals surface area contributed by atoms with Gasteiger partial charge in [0.25, 0.3) is 0 Å². The molecule has 0 amide bonds. The minimum Gasteiger partial charge on any atom is -0.319 e. The quantitative estimate of drug-likeness (QED) is 0.893. The van der Waals surface area contributed by atoms with E-state index in [2.05, 4.69) is 32.2 Å². The van der Waals surface area contributed by atoms with Crippen LogP contribution in [0.5, 0.6) is 0 Å². The first-order chi connectivity index (χ1) is 9.20. The molecular formula is C15H20BrClN2. The lowest BCUT2D eigenvalue weighted by molar-refractivity contribution is 0.216. The molecule has 3 rings (SSSR count). The molecule has 2 unspecified atom stereocenters. The monoisotopic (exact) mass is 342 g/mol. The Morgan fingerprint density at radius 3 is 2.79 bits per heavy atom. The van der Waals surface area contributed by atoms with Crippen LogP contribution in [0.25, 0.3) is 0 Å². The molecule has 1 aliphatic heterocycles. The molecule has 4 heteroatoms. The van der Waals surface area contributed by atoms with Gasteiger partial charge in [-0.15, -0.1) is 0 Å². The lowest BCUT2D eigenvalue weighted by Crippen LogP contribution is -2.31. The SMILES string of the molecule is CNCC1CCN(C2CC2)C1c1ccc(Cl)cc1Br. The Hall–Kier alpha value is -0.0900. The largest absolute Gasteiger partial charge is 0.319 e. The van der Waals surface area contributed by atoms with Gasteiger partial charge in [0.15, 0.2) is 0 Å². The molecule has 0 spiro atoms.